The zero-order valence-corrected chi connectivity index (χ0v) is 12.9. The fourth-order valence-electron chi connectivity index (χ4n) is 2.16. The molecule has 0 saturated carbocycles. The summed E-state index contributed by atoms with van der Waals surface area (Å²) in [5.74, 6) is 0. The van der Waals surface area contributed by atoms with E-state index in [1.54, 1.807) is 5.57 Å². The van der Waals surface area contributed by atoms with Crippen molar-refractivity contribution in [3.05, 3.63) is 36.0 Å². The molecule has 0 amide bonds. The highest BCUT2D eigenvalue weighted by Crippen LogP contribution is 2.21. The number of hydrogen-bond donors (Lipinski definition) is 0. The normalized spacial score (nSPS) is 10.2. The number of unbranched alkanes of at least 4 members (excludes halogenated alkanes) is 5. The van der Waals surface area contributed by atoms with Gasteiger partial charge in [0, 0.05) is 0 Å². The van der Waals surface area contributed by atoms with Gasteiger partial charge in [-0.1, -0.05) is 75.0 Å². The molecule has 0 aliphatic heterocycles. The average Bonchev–Trinajstić information content (AvgIpc) is 2.36. The van der Waals surface area contributed by atoms with E-state index in [0.717, 1.165) is 12.0 Å². The van der Waals surface area contributed by atoms with Crippen LogP contribution in [0.15, 0.2) is 36.0 Å². The van der Waals surface area contributed by atoms with Crippen molar-refractivity contribution in [2.75, 3.05) is 0 Å². The van der Waals surface area contributed by atoms with Crippen LogP contribution in [0, 0.1) is 0 Å². The van der Waals surface area contributed by atoms with Gasteiger partial charge in [0.2, 0.25) is 0 Å². The Labute approximate surface area is 115 Å². The Bertz CT molecular complexity index is 264. The lowest BCUT2D eigenvalue weighted by Gasteiger charge is -2.10. The van der Waals surface area contributed by atoms with Gasteiger partial charge in [-0.15, -0.1) is 0 Å². The summed E-state index contributed by atoms with van der Waals surface area (Å²) in [5.41, 5.74) is 4.30. The van der Waals surface area contributed by atoms with Crippen molar-refractivity contribution < 1.29 is 0 Å². The SMILES string of the molecule is C=CC(=C)CCC(CCCCCCCC)=C(C)C. The molecule has 0 heterocycles. The van der Waals surface area contributed by atoms with Gasteiger partial charge in [-0.25, -0.2) is 0 Å². The van der Waals surface area contributed by atoms with E-state index in [4.69, 9.17) is 0 Å². The van der Waals surface area contributed by atoms with Gasteiger partial charge < -0.3 is 0 Å². The van der Waals surface area contributed by atoms with Crippen molar-refractivity contribution in [2.45, 2.75) is 78.6 Å². The molecule has 0 saturated heterocycles. The van der Waals surface area contributed by atoms with E-state index in [2.05, 4.69) is 33.9 Å². The third-order valence-electron chi connectivity index (χ3n) is 3.58. The van der Waals surface area contributed by atoms with Crippen LogP contribution in [-0.2, 0) is 0 Å². The summed E-state index contributed by atoms with van der Waals surface area (Å²) in [6.45, 7) is 14.5. The molecule has 0 radical (unpaired) electrons. The molecule has 0 N–H and O–H groups in total. The predicted molar refractivity (Wildman–Crippen MR) is 84.9 cm³/mol. The lowest BCUT2D eigenvalue weighted by atomic mass is 9.96. The Balaban J connectivity index is 3.82. The Morgan fingerprint density at radius 2 is 1.50 bits per heavy atom. The maximum absolute atomic E-state index is 3.99. The molecule has 0 spiro atoms. The molecule has 0 aliphatic rings. The predicted octanol–water partition coefficient (Wildman–Crippen LogP) is 6.60. The molecule has 0 heteroatoms. The van der Waals surface area contributed by atoms with Crippen LogP contribution in [-0.4, -0.2) is 0 Å². The molecule has 18 heavy (non-hydrogen) atoms. The summed E-state index contributed by atoms with van der Waals surface area (Å²) in [6, 6.07) is 0. The summed E-state index contributed by atoms with van der Waals surface area (Å²) < 4.78 is 0. The van der Waals surface area contributed by atoms with Gasteiger partial charge in [0.15, 0.2) is 0 Å². The molecule has 0 aromatic heterocycles. The number of hydrogen-bond acceptors (Lipinski definition) is 0. The minimum atomic E-state index is 1.07. The van der Waals surface area contributed by atoms with Gasteiger partial charge in [0.25, 0.3) is 0 Å². The molecule has 0 fully saturated rings. The summed E-state index contributed by atoms with van der Waals surface area (Å²) in [4.78, 5) is 0. The van der Waals surface area contributed by atoms with Crippen LogP contribution in [0.3, 0.4) is 0 Å². The van der Waals surface area contributed by atoms with Gasteiger partial charge in [0.05, 0.1) is 0 Å². The maximum atomic E-state index is 3.99. The van der Waals surface area contributed by atoms with Gasteiger partial charge in [-0.2, -0.15) is 0 Å². The van der Waals surface area contributed by atoms with Crippen LogP contribution < -0.4 is 0 Å². The fourth-order valence-corrected chi connectivity index (χ4v) is 2.16. The molecule has 0 rings (SSSR count). The molecule has 0 bridgehead atoms. The minimum absolute atomic E-state index is 1.07. The molecular weight excluding hydrogens is 216 g/mol. The lowest BCUT2D eigenvalue weighted by Crippen LogP contribution is -1.90. The van der Waals surface area contributed by atoms with Crippen molar-refractivity contribution in [3.8, 4) is 0 Å². The third-order valence-corrected chi connectivity index (χ3v) is 3.58. The zero-order valence-electron chi connectivity index (χ0n) is 12.9. The van der Waals surface area contributed by atoms with Gasteiger partial charge >= 0.3 is 0 Å². The first-order valence-corrected chi connectivity index (χ1v) is 7.57. The zero-order chi connectivity index (χ0) is 13.8. The van der Waals surface area contributed by atoms with Gasteiger partial charge in [-0.05, 0) is 39.5 Å². The first-order chi connectivity index (χ1) is 8.61. The molecule has 0 aromatic carbocycles. The summed E-state index contributed by atoms with van der Waals surface area (Å²) in [7, 11) is 0. The van der Waals surface area contributed by atoms with Crippen LogP contribution in [0.1, 0.15) is 78.6 Å². The maximum Gasteiger partial charge on any atom is -0.0247 e. The van der Waals surface area contributed by atoms with Crippen molar-refractivity contribution in [3.63, 3.8) is 0 Å². The monoisotopic (exact) mass is 248 g/mol. The van der Waals surface area contributed by atoms with Crippen molar-refractivity contribution in [2.24, 2.45) is 0 Å². The summed E-state index contributed by atoms with van der Waals surface area (Å²) in [6.07, 6.45) is 13.7. The first kappa shape index (κ1) is 17.2. The molecule has 0 aromatic rings. The Morgan fingerprint density at radius 1 is 0.889 bits per heavy atom. The van der Waals surface area contributed by atoms with Gasteiger partial charge in [-0.3, -0.25) is 0 Å². The summed E-state index contributed by atoms with van der Waals surface area (Å²) in [5, 5.41) is 0. The van der Waals surface area contributed by atoms with Crippen LogP contribution in [0.4, 0.5) is 0 Å². The second-order valence-electron chi connectivity index (χ2n) is 5.48. The summed E-state index contributed by atoms with van der Waals surface area (Å²) >= 11 is 0. The van der Waals surface area contributed by atoms with E-state index in [1.165, 1.54) is 56.9 Å². The highest BCUT2D eigenvalue weighted by Gasteiger charge is 2.01. The van der Waals surface area contributed by atoms with Crippen LogP contribution in [0.5, 0.6) is 0 Å². The third kappa shape index (κ3) is 9.27. The lowest BCUT2D eigenvalue weighted by molar-refractivity contribution is 0.600. The van der Waals surface area contributed by atoms with Crippen LogP contribution >= 0.6 is 0 Å². The standard InChI is InChI=1S/C18H32/c1-6-8-9-10-11-12-13-18(16(3)4)15-14-17(5)7-2/h7H,2,5-6,8-15H2,1,3-4H3. The molecule has 104 valence electrons. The van der Waals surface area contributed by atoms with Gasteiger partial charge in [0.1, 0.15) is 0 Å². The molecular formula is C18H32. The Morgan fingerprint density at radius 3 is 2.06 bits per heavy atom. The highest BCUT2D eigenvalue weighted by atomic mass is 14.1. The molecule has 0 unspecified atom stereocenters. The van der Waals surface area contributed by atoms with Crippen molar-refractivity contribution in [1.29, 1.82) is 0 Å². The minimum Gasteiger partial charge on any atom is -0.0988 e. The Kier molecular flexibility index (Phi) is 10.8. The Hall–Kier alpha value is -0.780. The second-order valence-corrected chi connectivity index (χ2v) is 5.48. The van der Waals surface area contributed by atoms with E-state index in [0.29, 0.717) is 0 Å². The number of rotatable bonds is 11. The topological polar surface area (TPSA) is 0 Å². The molecule has 0 aliphatic carbocycles. The van der Waals surface area contributed by atoms with E-state index < -0.39 is 0 Å². The quantitative estimate of drug-likeness (QED) is 0.220. The molecule has 0 atom stereocenters. The molecule has 0 nitrogen and oxygen atoms in total. The van der Waals surface area contributed by atoms with Crippen molar-refractivity contribution in [1.82, 2.24) is 0 Å². The van der Waals surface area contributed by atoms with E-state index >= 15 is 0 Å². The van der Waals surface area contributed by atoms with E-state index in [1.807, 2.05) is 6.08 Å². The van der Waals surface area contributed by atoms with Crippen molar-refractivity contribution >= 4 is 0 Å². The smallest absolute Gasteiger partial charge is 0.0247 e. The van der Waals surface area contributed by atoms with Crippen LogP contribution in [0.25, 0.3) is 0 Å². The first-order valence-electron chi connectivity index (χ1n) is 7.57. The number of allylic oxidation sites excluding steroid dienone is 4. The average molecular weight is 248 g/mol. The highest BCUT2D eigenvalue weighted by molar-refractivity contribution is 5.16. The second kappa shape index (κ2) is 11.3. The largest absolute Gasteiger partial charge is 0.0988 e. The van der Waals surface area contributed by atoms with Crippen LogP contribution in [0.2, 0.25) is 0 Å². The fraction of sp³-hybridized carbons (Fsp3) is 0.667. The van der Waals surface area contributed by atoms with E-state index in [9.17, 15) is 0 Å². The van der Waals surface area contributed by atoms with E-state index in [-0.39, 0.29) is 0 Å².